The van der Waals surface area contributed by atoms with Crippen LogP contribution in [0.25, 0.3) is 10.6 Å². The molecular formula is C22H30N2OS. The number of rotatable bonds is 13. The number of hydrogen-bond acceptors (Lipinski definition) is 4. The van der Waals surface area contributed by atoms with E-state index in [2.05, 4.69) is 18.0 Å². The van der Waals surface area contributed by atoms with Crippen molar-refractivity contribution in [3.8, 4) is 21.7 Å². The number of hydrogen-bond donors (Lipinski definition) is 0. The van der Waals surface area contributed by atoms with Crippen LogP contribution in [0, 0.1) is 11.3 Å². The van der Waals surface area contributed by atoms with Gasteiger partial charge in [-0.3, -0.25) is 0 Å². The molecule has 140 valence electrons. The molecule has 0 amide bonds. The number of nitriles is 1. The summed E-state index contributed by atoms with van der Waals surface area (Å²) in [5, 5.41) is 10.7. The topological polar surface area (TPSA) is 45.9 Å². The molecule has 1 heterocycles. The van der Waals surface area contributed by atoms with E-state index in [1.165, 1.54) is 57.8 Å². The van der Waals surface area contributed by atoms with Crippen molar-refractivity contribution in [3.05, 3.63) is 36.0 Å². The van der Waals surface area contributed by atoms with Crippen LogP contribution in [0.15, 0.2) is 30.5 Å². The quantitative estimate of drug-likeness (QED) is 0.357. The molecule has 0 unspecified atom stereocenters. The fourth-order valence-corrected chi connectivity index (χ4v) is 3.71. The third-order valence-electron chi connectivity index (χ3n) is 4.49. The Kier molecular flexibility index (Phi) is 9.82. The van der Waals surface area contributed by atoms with Crippen LogP contribution in [0.4, 0.5) is 0 Å². The van der Waals surface area contributed by atoms with Crippen molar-refractivity contribution >= 4 is 11.3 Å². The lowest BCUT2D eigenvalue weighted by atomic mass is 10.1. The molecule has 26 heavy (non-hydrogen) atoms. The van der Waals surface area contributed by atoms with Gasteiger partial charge < -0.3 is 4.74 Å². The summed E-state index contributed by atoms with van der Waals surface area (Å²) in [6.45, 7) is 3.04. The van der Waals surface area contributed by atoms with Crippen LogP contribution >= 0.6 is 11.3 Å². The van der Waals surface area contributed by atoms with Gasteiger partial charge in [-0.05, 0) is 18.6 Å². The Bertz CT molecular complexity index is 658. The molecule has 2 aromatic rings. The maximum atomic E-state index is 8.85. The third kappa shape index (κ3) is 7.58. The fourth-order valence-electron chi connectivity index (χ4n) is 2.91. The smallest absolute Gasteiger partial charge is 0.194 e. The second-order valence-electron chi connectivity index (χ2n) is 6.70. The van der Waals surface area contributed by atoms with Gasteiger partial charge in [-0.1, -0.05) is 88.2 Å². The predicted molar refractivity (Wildman–Crippen MR) is 110 cm³/mol. The average molecular weight is 371 g/mol. The van der Waals surface area contributed by atoms with Crippen LogP contribution in [0.5, 0.6) is 5.06 Å². The minimum Gasteiger partial charge on any atom is -0.483 e. The van der Waals surface area contributed by atoms with E-state index in [1.807, 2.05) is 24.3 Å². The highest BCUT2D eigenvalue weighted by atomic mass is 32.1. The zero-order chi connectivity index (χ0) is 18.5. The van der Waals surface area contributed by atoms with E-state index in [0.717, 1.165) is 28.7 Å². The summed E-state index contributed by atoms with van der Waals surface area (Å²) in [6, 6.07) is 9.64. The van der Waals surface area contributed by atoms with Crippen molar-refractivity contribution in [2.45, 2.75) is 71.1 Å². The summed E-state index contributed by atoms with van der Waals surface area (Å²) >= 11 is 1.56. The monoisotopic (exact) mass is 370 g/mol. The second kappa shape index (κ2) is 12.5. The van der Waals surface area contributed by atoms with E-state index < -0.39 is 0 Å². The first-order valence-electron chi connectivity index (χ1n) is 9.92. The van der Waals surface area contributed by atoms with Crippen LogP contribution in [0.2, 0.25) is 0 Å². The summed E-state index contributed by atoms with van der Waals surface area (Å²) in [4.78, 5) is 4.42. The van der Waals surface area contributed by atoms with E-state index in [9.17, 15) is 0 Å². The number of nitrogens with zero attached hydrogens (tertiary/aromatic N) is 2. The van der Waals surface area contributed by atoms with Gasteiger partial charge in [-0.15, -0.1) is 0 Å². The fraction of sp³-hybridized carbons (Fsp3) is 0.545. The summed E-state index contributed by atoms with van der Waals surface area (Å²) in [5.74, 6) is 0. The van der Waals surface area contributed by atoms with Gasteiger partial charge in [0.15, 0.2) is 5.06 Å². The highest BCUT2D eigenvalue weighted by Crippen LogP contribution is 2.30. The third-order valence-corrected chi connectivity index (χ3v) is 5.45. The first kappa shape index (κ1) is 20.5. The predicted octanol–water partition coefficient (Wildman–Crippen LogP) is 6.98. The summed E-state index contributed by atoms with van der Waals surface area (Å²) < 4.78 is 5.83. The van der Waals surface area contributed by atoms with Gasteiger partial charge in [0.1, 0.15) is 5.01 Å². The number of benzene rings is 1. The molecule has 0 spiro atoms. The Hall–Kier alpha value is -1.86. The van der Waals surface area contributed by atoms with Gasteiger partial charge in [-0.25, -0.2) is 4.98 Å². The molecule has 0 saturated heterocycles. The lowest BCUT2D eigenvalue weighted by Gasteiger charge is -2.03. The van der Waals surface area contributed by atoms with E-state index in [-0.39, 0.29) is 0 Å². The molecule has 0 fully saturated rings. The van der Waals surface area contributed by atoms with Crippen LogP contribution in [-0.4, -0.2) is 11.6 Å². The molecule has 0 radical (unpaired) electrons. The molecule has 3 nitrogen and oxygen atoms in total. The largest absolute Gasteiger partial charge is 0.483 e. The van der Waals surface area contributed by atoms with Crippen molar-refractivity contribution in [2.75, 3.05) is 6.61 Å². The maximum Gasteiger partial charge on any atom is 0.194 e. The highest BCUT2D eigenvalue weighted by molar-refractivity contribution is 7.16. The molecular weight excluding hydrogens is 340 g/mol. The standard InChI is InChI=1S/C22H30N2OS/c1-2-3-4-5-6-7-8-9-10-11-16-25-21-18-24-22(26-21)20-14-12-19(17-23)13-15-20/h12-15,18H,2-11,16H2,1H3. The highest BCUT2D eigenvalue weighted by Gasteiger charge is 2.05. The van der Waals surface area contributed by atoms with Gasteiger partial charge in [0.2, 0.25) is 0 Å². The Labute approximate surface area is 162 Å². The summed E-state index contributed by atoms with van der Waals surface area (Å²) in [6.07, 6.45) is 15.1. The van der Waals surface area contributed by atoms with Crippen LogP contribution in [0.3, 0.4) is 0 Å². The van der Waals surface area contributed by atoms with Crippen molar-refractivity contribution in [1.82, 2.24) is 4.98 Å². The Balaban J connectivity index is 1.55. The zero-order valence-corrected chi connectivity index (χ0v) is 16.7. The molecule has 0 aliphatic carbocycles. The SMILES string of the molecule is CCCCCCCCCCCCOc1cnc(-c2ccc(C#N)cc2)s1. The van der Waals surface area contributed by atoms with E-state index in [1.54, 1.807) is 17.5 Å². The van der Waals surface area contributed by atoms with Crippen molar-refractivity contribution in [1.29, 1.82) is 5.26 Å². The van der Waals surface area contributed by atoms with E-state index in [4.69, 9.17) is 10.00 Å². The molecule has 0 saturated carbocycles. The lowest BCUT2D eigenvalue weighted by Crippen LogP contribution is -1.95. The molecule has 1 aromatic carbocycles. The van der Waals surface area contributed by atoms with Gasteiger partial charge in [-0.2, -0.15) is 5.26 Å². The number of ether oxygens (including phenoxy) is 1. The van der Waals surface area contributed by atoms with Crippen molar-refractivity contribution in [2.24, 2.45) is 0 Å². The minimum atomic E-state index is 0.669. The van der Waals surface area contributed by atoms with Gasteiger partial charge in [0.05, 0.1) is 24.4 Å². The Morgan fingerprint density at radius 2 is 1.54 bits per heavy atom. The van der Waals surface area contributed by atoms with Crippen LogP contribution < -0.4 is 4.74 Å². The van der Waals surface area contributed by atoms with Crippen molar-refractivity contribution in [3.63, 3.8) is 0 Å². The Morgan fingerprint density at radius 1 is 0.923 bits per heavy atom. The van der Waals surface area contributed by atoms with Crippen LogP contribution in [0.1, 0.15) is 76.7 Å². The van der Waals surface area contributed by atoms with Crippen LogP contribution in [-0.2, 0) is 0 Å². The first-order valence-corrected chi connectivity index (χ1v) is 10.7. The first-order chi connectivity index (χ1) is 12.8. The second-order valence-corrected chi connectivity index (χ2v) is 7.70. The summed E-state index contributed by atoms with van der Waals surface area (Å²) in [5.41, 5.74) is 1.70. The molecule has 2 rings (SSSR count). The molecule has 0 aliphatic heterocycles. The number of unbranched alkanes of at least 4 members (excludes halogenated alkanes) is 9. The van der Waals surface area contributed by atoms with Gasteiger partial charge >= 0.3 is 0 Å². The Morgan fingerprint density at radius 3 is 2.15 bits per heavy atom. The van der Waals surface area contributed by atoms with Crippen molar-refractivity contribution < 1.29 is 4.74 Å². The molecule has 4 heteroatoms. The maximum absolute atomic E-state index is 8.85. The number of aromatic nitrogens is 1. The number of thiazole rings is 1. The molecule has 0 N–H and O–H groups in total. The molecule has 0 bridgehead atoms. The van der Waals surface area contributed by atoms with Gasteiger partial charge in [0.25, 0.3) is 0 Å². The molecule has 1 aromatic heterocycles. The minimum absolute atomic E-state index is 0.669. The average Bonchev–Trinajstić information content (AvgIpc) is 3.15. The van der Waals surface area contributed by atoms with E-state index >= 15 is 0 Å². The molecule has 0 atom stereocenters. The normalized spacial score (nSPS) is 10.6. The van der Waals surface area contributed by atoms with Gasteiger partial charge in [0, 0.05) is 5.56 Å². The zero-order valence-electron chi connectivity index (χ0n) is 15.9. The summed E-state index contributed by atoms with van der Waals surface area (Å²) in [7, 11) is 0. The lowest BCUT2D eigenvalue weighted by molar-refractivity contribution is 0.312. The van der Waals surface area contributed by atoms with E-state index in [0.29, 0.717) is 5.56 Å². The molecule has 0 aliphatic rings.